The van der Waals surface area contributed by atoms with E-state index in [1.807, 2.05) is 0 Å². The van der Waals surface area contributed by atoms with Gasteiger partial charge in [-0.15, -0.1) is 0 Å². The molecule has 0 radical (unpaired) electrons. The summed E-state index contributed by atoms with van der Waals surface area (Å²) in [7, 11) is 0. The van der Waals surface area contributed by atoms with Gasteiger partial charge in [0.05, 0.1) is 11.0 Å². The van der Waals surface area contributed by atoms with Gasteiger partial charge in [-0.05, 0) is 110 Å². The third-order valence-electron chi connectivity index (χ3n) is 9.13. The number of para-hydroxylation sites is 1. The van der Waals surface area contributed by atoms with Crippen molar-refractivity contribution in [2.75, 3.05) is 0 Å². The van der Waals surface area contributed by atoms with Crippen LogP contribution < -0.4 is 0 Å². The third kappa shape index (κ3) is 3.89. The van der Waals surface area contributed by atoms with Crippen molar-refractivity contribution in [1.29, 1.82) is 0 Å². The minimum Gasteiger partial charge on any atom is -0.309 e. The monoisotopic (exact) mass is 651 g/mol. The molecule has 0 N–H and O–H groups in total. The number of nitrogens with zero attached hydrogens (tertiary/aromatic N) is 1. The molecular formula is C40H30IN. The van der Waals surface area contributed by atoms with Gasteiger partial charge in [-0.2, -0.15) is 0 Å². The van der Waals surface area contributed by atoms with E-state index in [1.165, 1.54) is 75.6 Å². The van der Waals surface area contributed by atoms with Gasteiger partial charge in [0, 0.05) is 25.4 Å². The van der Waals surface area contributed by atoms with Crippen LogP contribution in [0.15, 0.2) is 133 Å². The van der Waals surface area contributed by atoms with Crippen molar-refractivity contribution in [2.24, 2.45) is 0 Å². The maximum Gasteiger partial charge on any atom is 0.0544 e. The fraction of sp³-hybridized carbons (Fsp3) is 0.100. The molecule has 1 nitrogen and oxygen atoms in total. The first kappa shape index (κ1) is 25.6. The lowest BCUT2D eigenvalue weighted by molar-refractivity contribution is 0.661. The molecule has 0 unspecified atom stereocenters. The molecule has 0 saturated carbocycles. The lowest BCUT2D eigenvalue weighted by atomic mass is 9.82. The second kappa shape index (κ2) is 9.71. The highest BCUT2D eigenvalue weighted by Crippen LogP contribution is 2.51. The van der Waals surface area contributed by atoms with Gasteiger partial charge < -0.3 is 4.57 Å². The van der Waals surface area contributed by atoms with Crippen molar-refractivity contribution in [1.82, 2.24) is 4.57 Å². The Morgan fingerprint density at radius 1 is 0.548 bits per heavy atom. The number of hydrogen-bond donors (Lipinski definition) is 0. The van der Waals surface area contributed by atoms with E-state index in [2.05, 4.69) is 174 Å². The smallest absolute Gasteiger partial charge is 0.0544 e. The number of hydrogen-bond acceptors (Lipinski definition) is 0. The zero-order valence-corrected chi connectivity index (χ0v) is 25.9. The molecule has 0 fully saturated rings. The Hall–Kier alpha value is -4.15. The second-order valence-electron chi connectivity index (χ2n) is 11.9. The van der Waals surface area contributed by atoms with Gasteiger partial charge >= 0.3 is 0 Å². The summed E-state index contributed by atoms with van der Waals surface area (Å²) >= 11 is 2.48. The Labute approximate surface area is 260 Å². The average molecular weight is 652 g/mol. The van der Waals surface area contributed by atoms with Gasteiger partial charge in [0.1, 0.15) is 0 Å². The quantitative estimate of drug-likeness (QED) is 0.167. The van der Waals surface area contributed by atoms with Crippen molar-refractivity contribution < 1.29 is 0 Å². The largest absolute Gasteiger partial charge is 0.309 e. The Kier molecular flexibility index (Phi) is 5.91. The summed E-state index contributed by atoms with van der Waals surface area (Å²) in [5.74, 6) is 0. The van der Waals surface area contributed by atoms with Crippen LogP contribution in [0.2, 0.25) is 0 Å². The first-order valence-electron chi connectivity index (χ1n) is 14.6. The van der Waals surface area contributed by atoms with Crippen LogP contribution in [0, 0.1) is 3.57 Å². The fourth-order valence-corrected chi connectivity index (χ4v) is 7.72. The summed E-state index contributed by atoms with van der Waals surface area (Å²) in [6, 6.07) is 49.3. The predicted octanol–water partition coefficient (Wildman–Crippen LogP) is 11.0. The average Bonchev–Trinajstić information content (AvgIpc) is 3.46. The highest BCUT2D eigenvalue weighted by Gasteiger charge is 2.36. The van der Waals surface area contributed by atoms with Crippen molar-refractivity contribution in [3.63, 3.8) is 0 Å². The molecule has 42 heavy (non-hydrogen) atoms. The summed E-state index contributed by atoms with van der Waals surface area (Å²) in [4.78, 5) is 0. The maximum absolute atomic E-state index is 2.48. The molecule has 1 heterocycles. The minimum atomic E-state index is -0.0494. The topological polar surface area (TPSA) is 4.93 Å². The van der Waals surface area contributed by atoms with Crippen LogP contribution in [0.4, 0.5) is 0 Å². The van der Waals surface area contributed by atoms with Crippen LogP contribution in [0.5, 0.6) is 0 Å². The predicted molar refractivity (Wildman–Crippen MR) is 186 cm³/mol. The van der Waals surface area contributed by atoms with Crippen molar-refractivity contribution >= 4 is 44.4 Å². The normalized spacial score (nSPS) is 13.4. The van der Waals surface area contributed by atoms with E-state index in [0.717, 1.165) is 6.42 Å². The molecule has 8 rings (SSSR count). The van der Waals surface area contributed by atoms with E-state index < -0.39 is 0 Å². The van der Waals surface area contributed by atoms with Crippen LogP contribution in [-0.2, 0) is 11.8 Å². The fourth-order valence-electron chi connectivity index (χ4n) is 7.05. The minimum absolute atomic E-state index is 0.0494. The molecular weight excluding hydrogens is 621 g/mol. The van der Waals surface area contributed by atoms with Crippen molar-refractivity contribution in [3.8, 4) is 27.9 Å². The van der Waals surface area contributed by atoms with E-state index >= 15 is 0 Å². The lowest BCUT2D eigenvalue weighted by Crippen LogP contribution is -2.15. The lowest BCUT2D eigenvalue weighted by Gasteiger charge is -2.22. The molecule has 2 heteroatoms. The van der Waals surface area contributed by atoms with E-state index in [4.69, 9.17) is 0 Å². The Balaban J connectivity index is 1.40. The van der Waals surface area contributed by atoms with E-state index in [-0.39, 0.29) is 5.41 Å². The van der Waals surface area contributed by atoms with Gasteiger partial charge in [-0.3, -0.25) is 0 Å². The Bertz CT molecular complexity index is 2150. The molecule has 202 valence electrons. The zero-order chi connectivity index (χ0) is 28.4. The van der Waals surface area contributed by atoms with Gasteiger partial charge in [0.15, 0.2) is 0 Å². The van der Waals surface area contributed by atoms with Crippen LogP contribution in [0.3, 0.4) is 0 Å². The van der Waals surface area contributed by atoms with E-state index in [9.17, 15) is 0 Å². The van der Waals surface area contributed by atoms with Crippen LogP contribution in [0.25, 0.3) is 49.7 Å². The molecule has 7 aromatic rings. The van der Waals surface area contributed by atoms with Gasteiger partial charge in [0.25, 0.3) is 0 Å². The molecule has 0 aliphatic heterocycles. The highest BCUT2D eigenvalue weighted by molar-refractivity contribution is 14.1. The molecule has 6 aromatic carbocycles. The maximum atomic E-state index is 2.48. The molecule has 0 saturated heterocycles. The molecule has 1 aliphatic carbocycles. The summed E-state index contributed by atoms with van der Waals surface area (Å²) in [5.41, 5.74) is 14.4. The van der Waals surface area contributed by atoms with Crippen LogP contribution in [0.1, 0.15) is 36.1 Å². The molecule has 0 bridgehead atoms. The first-order valence-corrected chi connectivity index (χ1v) is 15.7. The van der Waals surface area contributed by atoms with Crippen molar-refractivity contribution in [2.45, 2.75) is 25.7 Å². The molecule has 1 aliphatic rings. The van der Waals surface area contributed by atoms with Crippen LogP contribution in [-0.4, -0.2) is 4.57 Å². The molecule has 1 aromatic heterocycles. The second-order valence-corrected chi connectivity index (χ2v) is 13.1. The van der Waals surface area contributed by atoms with Crippen molar-refractivity contribution in [3.05, 3.63) is 159 Å². The SMILES string of the molecule is CC1(C)c2ccccc2-c2cc3c4ccccc4n(-c4ccc(Cc5ccccc5)c(-c5ccccc5I)c4)c3cc21. The number of fused-ring (bicyclic) bond motifs is 6. The number of halogens is 1. The number of rotatable bonds is 4. The zero-order valence-electron chi connectivity index (χ0n) is 23.7. The van der Waals surface area contributed by atoms with Crippen LogP contribution >= 0.6 is 22.6 Å². The Morgan fingerprint density at radius 2 is 1.26 bits per heavy atom. The first-order chi connectivity index (χ1) is 20.5. The number of aromatic nitrogens is 1. The summed E-state index contributed by atoms with van der Waals surface area (Å²) in [6.07, 6.45) is 0.897. The molecule has 0 amide bonds. The third-order valence-corrected chi connectivity index (χ3v) is 10.1. The summed E-state index contributed by atoms with van der Waals surface area (Å²) in [5, 5.41) is 2.60. The van der Waals surface area contributed by atoms with Gasteiger partial charge in [0.2, 0.25) is 0 Å². The van der Waals surface area contributed by atoms with Gasteiger partial charge in [-0.1, -0.05) is 111 Å². The van der Waals surface area contributed by atoms with E-state index in [0.29, 0.717) is 0 Å². The Morgan fingerprint density at radius 3 is 2.10 bits per heavy atom. The van der Waals surface area contributed by atoms with Gasteiger partial charge in [-0.25, -0.2) is 0 Å². The molecule has 0 spiro atoms. The summed E-state index contributed by atoms with van der Waals surface area (Å²) in [6.45, 7) is 4.73. The van der Waals surface area contributed by atoms with E-state index in [1.54, 1.807) is 0 Å². The highest BCUT2D eigenvalue weighted by atomic mass is 127. The summed E-state index contributed by atoms with van der Waals surface area (Å²) < 4.78 is 3.75. The molecule has 0 atom stereocenters. The number of benzene rings is 6. The standard InChI is InChI=1S/C40H30IN/c1-40(2)35-17-9-6-14-29(35)33-24-34-31-16-8-11-19-38(31)42(39(34)25-36(33)40)28-21-20-27(22-26-12-4-3-5-13-26)32(23-28)30-15-7-10-18-37(30)41/h3-21,23-25H,22H2,1-2H3.